The van der Waals surface area contributed by atoms with E-state index in [1.54, 1.807) is 23.5 Å². The highest BCUT2D eigenvalue weighted by atomic mass is 79.9. The molecular weight excluding hydrogens is 432 g/mol. The second-order valence-corrected chi connectivity index (χ2v) is 7.48. The van der Waals surface area contributed by atoms with E-state index in [1.165, 1.54) is 12.0 Å². The van der Waals surface area contributed by atoms with Crippen molar-refractivity contribution in [2.75, 3.05) is 26.8 Å². The van der Waals surface area contributed by atoms with Gasteiger partial charge in [0.25, 0.3) is 5.91 Å². The fourth-order valence-corrected chi connectivity index (χ4v) is 3.67. The van der Waals surface area contributed by atoms with E-state index < -0.39 is 0 Å². The van der Waals surface area contributed by atoms with E-state index in [0.717, 1.165) is 4.88 Å². The number of rotatable bonds is 9. The van der Waals surface area contributed by atoms with Gasteiger partial charge in [-0.15, -0.1) is 11.3 Å². The van der Waals surface area contributed by atoms with Crippen molar-refractivity contribution in [2.45, 2.75) is 20.4 Å². The molecule has 0 fully saturated rings. The van der Waals surface area contributed by atoms with Crippen molar-refractivity contribution in [2.24, 2.45) is 0 Å². The van der Waals surface area contributed by atoms with Crippen LogP contribution in [0.15, 0.2) is 34.1 Å². The summed E-state index contributed by atoms with van der Waals surface area (Å²) in [4.78, 5) is 27.6. The van der Waals surface area contributed by atoms with Gasteiger partial charge in [0.15, 0.2) is 11.5 Å². The molecule has 2 amide bonds. The Morgan fingerprint density at radius 1 is 1.30 bits per heavy atom. The van der Waals surface area contributed by atoms with Gasteiger partial charge in [-0.1, -0.05) is 6.07 Å². The van der Waals surface area contributed by atoms with Gasteiger partial charge in [-0.3, -0.25) is 9.59 Å². The van der Waals surface area contributed by atoms with Crippen molar-refractivity contribution >= 4 is 39.1 Å². The van der Waals surface area contributed by atoms with Crippen LogP contribution in [0.4, 0.5) is 0 Å². The van der Waals surface area contributed by atoms with Gasteiger partial charge in [-0.25, -0.2) is 0 Å². The van der Waals surface area contributed by atoms with E-state index in [9.17, 15) is 9.59 Å². The summed E-state index contributed by atoms with van der Waals surface area (Å²) < 4.78 is 11.5. The second kappa shape index (κ2) is 10.3. The third-order valence-corrected chi connectivity index (χ3v) is 5.27. The second-order valence-electron chi connectivity index (χ2n) is 5.60. The molecule has 146 valence electrons. The summed E-state index contributed by atoms with van der Waals surface area (Å²) in [6.07, 6.45) is 0. The van der Waals surface area contributed by atoms with Crippen LogP contribution in [0.3, 0.4) is 0 Å². The molecule has 1 aromatic carbocycles. The highest BCUT2D eigenvalue weighted by Gasteiger charge is 2.21. The number of nitrogens with zero attached hydrogens (tertiary/aromatic N) is 1. The van der Waals surface area contributed by atoms with Gasteiger partial charge in [0, 0.05) is 17.0 Å². The number of ether oxygens (including phenoxy) is 2. The number of benzene rings is 1. The van der Waals surface area contributed by atoms with Crippen molar-refractivity contribution in [3.63, 3.8) is 0 Å². The number of amides is 2. The maximum Gasteiger partial charge on any atom is 0.254 e. The maximum absolute atomic E-state index is 12.9. The Morgan fingerprint density at radius 2 is 2.07 bits per heavy atom. The molecule has 0 aliphatic carbocycles. The largest absolute Gasteiger partial charge is 0.493 e. The first kappa shape index (κ1) is 21.2. The smallest absolute Gasteiger partial charge is 0.254 e. The van der Waals surface area contributed by atoms with Crippen molar-refractivity contribution in [1.29, 1.82) is 0 Å². The van der Waals surface area contributed by atoms with Gasteiger partial charge in [0.05, 0.1) is 31.3 Å². The third kappa shape index (κ3) is 5.71. The number of carbonyl (C=O) groups excluding carboxylic acids is 2. The summed E-state index contributed by atoms with van der Waals surface area (Å²) in [5.41, 5.74) is 0.426. The third-order valence-electron chi connectivity index (χ3n) is 3.81. The molecule has 2 aromatic rings. The average molecular weight is 455 g/mol. The minimum absolute atomic E-state index is 0.00610. The number of methoxy groups -OCH3 is 1. The molecule has 0 unspecified atom stereocenters. The number of nitrogens with one attached hydrogen (secondary N) is 1. The van der Waals surface area contributed by atoms with E-state index in [1.807, 2.05) is 31.4 Å². The van der Waals surface area contributed by atoms with Gasteiger partial charge >= 0.3 is 0 Å². The zero-order chi connectivity index (χ0) is 19.8. The van der Waals surface area contributed by atoms with Crippen LogP contribution < -0.4 is 14.8 Å². The van der Waals surface area contributed by atoms with Gasteiger partial charge in [-0.2, -0.15) is 0 Å². The lowest BCUT2D eigenvalue weighted by Crippen LogP contribution is -2.40. The van der Waals surface area contributed by atoms with Crippen LogP contribution in [0, 0.1) is 0 Å². The summed E-state index contributed by atoms with van der Waals surface area (Å²) in [5, 5.41) is 4.80. The molecule has 0 radical (unpaired) electrons. The first-order valence-electron chi connectivity index (χ1n) is 8.58. The van der Waals surface area contributed by atoms with E-state index in [0.29, 0.717) is 41.2 Å². The molecule has 0 bridgehead atoms. The topological polar surface area (TPSA) is 67.9 Å². The lowest BCUT2D eigenvalue weighted by molar-refractivity contribution is -0.121. The van der Waals surface area contributed by atoms with Crippen molar-refractivity contribution in [3.8, 4) is 11.5 Å². The Bertz CT molecular complexity index is 780. The molecule has 2 rings (SSSR count). The van der Waals surface area contributed by atoms with Crippen LogP contribution in [0.2, 0.25) is 0 Å². The Labute approximate surface area is 171 Å². The Balaban J connectivity index is 2.09. The Morgan fingerprint density at radius 3 is 2.67 bits per heavy atom. The average Bonchev–Trinajstić information content (AvgIpc) is 3.19. The fraction of sp³-hybridized carbons (Fsp3) is 0.368. The molecule has 1 heterocycles. The molecule has 1 N–H and O–H groups in total. The predicted octanol–water partition coefficient (Wildman–Crippen LogP) is 3.70. The summed E-state index contributed by atoms with van der Waals surface area (Å²) in [5.74, 6) is 0.572. The minimum atomic E-state index is -0.245. The van der Waals surface area contributed by atoms with Crippen LogP contribution in [0.5, 0.6) is 11.5 Å². The summed E-state index contributed by atoms with van der Waals surface area (Å²) in [6.45, 7) is 5.06. The van der Waals surface area contributed by atoms with Gasteiger partial charge < -0.3 is 19.7 Å². The minimum Gasteiger partial charge on any atom is -0.493 e. The van der Waals surface area contributed by atoms with Crippen LogP contribution in [0.1, 0.15) is 29.1 Å². The zero-order valence-electron chi connectivity index (χ0n) is 15.6. The fourth-order valence-electron chi connectivity index (χ4n) is 2.47. The number of halogens is 1. The molecular formula is C19H23BrN2O4S. The SMILES string of the molecule is CCOc1c(Br)cc(C(=O)N(CC)CC(=O)NCc2cccs2)cc1OC. The summed E-state index contributed by atoms with van der Waals surface area (Å²) in [7, 11) is 1.52. The molecule has 6 nitrogen and oxygen atoms in total. The first-order chi connectivity index (χ1) is 13.0. The van der Waals surface area contributed by atoms with Gasteiger partial charge in [0.2, 0.25) is 5.91 Å². The molecule has 0 aliphatic rings. The molecule has 27 heavy (non-hydrogen) atoms. The number of hydrogen-bond acceptors (Lipinski definition) is 5. The Kier molecular flexibility index (Phi) is 8.12. The van der Waals surface area contributed by atoms with Gasteiger partial charge in [0.1, 0.15) is 0 Å². The molecule has 0 spiro atoms. The zero-order valence-corrected chi connectivity index (χ0v) is 18.0. The lowest BCUT2D eigenvalue weighted by Gasteiger charge is -2.21. The van der Waals surface area contributed by atoms with Crippen molar-refractivity contribution in [1.82, 2.24) is 10.2 Å². The van der Waals surface area contributed by atoms with Crippen LogP contribution >= 0.6 is 27.3 Å². The molecule has 0 saturated heterocycles. The molecule has 1 aromatic heterocycles. The van der Waals surface area contributed by atoms with Crippen molar-refractivity contribution in [3.05, 3.63) is 44.6 Å². The van der Waals surface area contributed by atoms with E-state index in [4.69, 9.17) is 9.47 Å². The Hall–Kier alpha value is -2.06. The van der Waals surface area contributed by atoms with E-state index in [2.05, 4.69) is 21.2 Å². The van der Waals surface area contributed by atoms with E-state index in [-0.39, 0.29) is 18.4 Å². The quantitative estimate of drug-likeness (QED) is 0.626. The number of thiophene rings is 1. The highest BCUT2D eigenvalue weighted by molar-refractivity contribution is 9.10. The van der Waals surface area contributed by atoms with Gasteiger partial charge in [-0.05, 0) is 53.4 Å². The molecule has 0 atom stereocenters. The molecule has 8 heteroatoms. The summed E-state index contributed by atoms with van der Waals surface area (Å²) >= 11 is 5.00. The van der Waals surface area contributed by atoms with Crippen LogP contribution in [-0.2, 0) is 11.3 Å². The van der Waals surface area contributed by atoms with Crippen LogP contribution in [0.25, 0.3) is 0 Å². The molecule has 0 aliphatic heterocycles. The normalized spacial score (nSPS) is 10.4. The maximum atomic E-state index is 12.9. The monoisotopic (exact) mass is 454 g/mol. The van der Waals surface area contributed by atoms with Crippen molar-refractivity contribution < 1.29 is 19.1 Å². The number of carbonyl (C=O) groups is 2. The highest BCUT2D eigenvalue weighted by Crippen LogP contribution is 2.37. The number of likely N-dealkylation sites (N-methyl/N-ethyl adjacent to an activating group) is 1. The first-order valence-corrected chi connectivity index (χ1v) is 10.3. The van der Waals surface area contributed by atoms with E-state index >= 15 is 0 Å². The molecule has 0 saturated carbocycles. The number of hydrogen-bond donors (Lipinski definition) is 1. The summed E-state index contributed by atoms with van der Waals surface area (Å²) in [6, 6.07) is 7.20. The van der Waals surface area contributed by atoms with Crippen LogP contribution in [-0.4, -0.2) is 43.5 Å². The standard InChI is InChI=1S/C19H23BrN2O4S/c1-4-22(12-17(23)21-11-14-7-6-8-27-14)19(24)13-9-15(20)18(26-5-2)16(10-13)25-3/h6-10H,4-5,11-12H2,1-3H3,(H,21,23). The lowest BCUT2D eigenvalue weighted by atomic mass is 10.1. The predicted molar refractivity (Wildman–Crippen MR) is 110 cm³/mol.